The monoisotopic (exact) mass is 432 g/mol. The lowest BCUT2D eigenvalue weighted by Crippen LogP contribution is -2.53. The Balaban J connectivity index is 1.51. The Hall–Kier alpha value is -1.56. The summed E-state index contributed by atoms with van der Waals surface area (Å²) >= 11 is 0. The van der Waals surface area contributed by atoms with Crippen molar-refractivity contribution in [3.05, 3.63) is 11.6 Å². The van der Waals surface area contributed by atoms with Crippen molar-refractivity contribution in [3.8, 4) is 0 Å². The molecular weight excluding hydrogens is 388 g/mol. The van der Waals surface area contributed by atoms with Crippen LogP contribution in [0.2, 0.25) is 0 Å². The van der Waals surface area contributed by atoms with Crippen LogP contribution >= 0.6 is 0 Å². The number of hydrogen-bond acceptors (Lipinski definition) is 3. The molecule has 31 heavy (non-hydrogen) atoms. The molecule has 4 aliphatic rings. The number of rotatable bonds is 7. The van der Waals surface area contributed by atoms with Crippen molar-refractivity contribution in [1.82, 2.24) is 20.0 Å². The highest BCUT2D eigenvalue weighted by molar-refractivity contribution is 5.77. The molecule has 0 aromatic carbocycles. The van der Waals surface area contributed by atoms with Gasteiger partial charge in [-0.3, -0.25) is 9.69 Å². The minimum atomic E-state index is 0.0319. The van der Waals surface area contributed by atoms with Gasteiger partial charge < -0.3 is 15.1 Å². The highest BCUT2D eigenvalue weighted by Crippen LogP contribution is 2.59. The summed E-state index contributed by atoms with van der Waals surface area (Å²) in [5.41, 5.74) is 1.87. The van der Waals surface area contributed by atoms with Crippen molar-refractivity contribution in [2.45, 2.75) is 60.8 Å². The average Bonchev–Trinajstić information content (AvgIpc) is 2.70. The van der Waals surface area contributed by atoms with Gasteiger partial charge in [-0.05, 0) is 42.4 Å². The van der Waals surface area contributed by atoms with Gasteiger partial charge in [0.25, 0.3) is 0 Å². The fraction of sp³-hybridized carbons (Fsp3) is 0.840. The molecule has 0 spiro atoms. The maximum Gasteiger partial charge on any atom is 0.317 e. The standard InChI is InChI=1S/C25H44N4O2/c1-7-26-23(31)29(18-19-8-9-20-16-21(19)25(20,5)6)15-12-27-10-13-28(14-11-27)22(30)17-24(2,3)4/h8,20-21H,7,9-18H2,1-6H3,(H,26,31). The van der Waals surface area contributed by atoms with Gasteiger partial charge in [-0.25, -0.2) is 4.79 Å². The Labute approximate surface area is 189 Å². The zero-order valence-electron chi connectivity index (χ0n) is 20.7. The molecule has 6 heteroatoms. The van der Waals surface area contributed by atoms with Gasteiger partial charge in [0.2, 0.25) is 5.91 Å². The Morgan fingerprint density at radius 3 is 2.42 bits per heavy atom. The molecular formula is C25H44N4O2. The molecule has 0 aromatic heterocycles. The van der Waals surface area contributed by atoms with Crippen LogP contribution in [-0.2, 0) is 4.79 Å². The lowest BCUT2D eigenvalue weighted by Gasteiger charge is -2.57. The van der Waals surface area contributed by atoms with E-state index < -0.39 is 0 Å². The fourth-order valence-electron chi connectivity index (χ4n) is 5.44. The third-order valence-electron chi connectivity index (χ3n) is 7.66. The second-order valence-corrected chi connectivity index (χ2v) is 11.5. The summed E-state index contributed by atoms with van der Waals surface area (Å²) in [4.78, 5) is 31.7. The Morgan fingerprint density at radius 2 is 1.87 bits per heavy atom. The van der Waals surface area contributed by atoms with Crippen LogP contribution in [0.15, 0.2) is 11.6 Å². The molecule has 1 N–H and O–H groups in total. The zero-order valence-corrected chi connectivity index (χ0v) is 20.7. The highest BCUT2D eigenvalue weighted by atomic mass is 16.2. The minimum absolute atomic E-state index is 0.0319. The molecule has 1 heterocycles. The van der Waals surface area contributed by atoms with Crippen LogP contribution in [0.5, 0.6) is 0 Å². The first kappa shape index (κ1) is 24.1. The van der Waals surface area contributed by atoms with Gasteiger partial charge in [0.05, 0.1) is 0 Å². The van der Waals surface area contributed by atoms with Gasteiger partial charge in [0.1, 0.15) is 0 Å². The van der Waals surface area contributed by atoms with Gasteiger partial charge in [0.15, 0.2) is 0 Å². The van der Waals surface area contributed by atoms with E-state index >= 15 is 0 Å². The van der Waals surface area contributed by atoms with Crippen LogP contribution in [0.1, 0.15) is 60.8 Å². The van der Waals surface area contributed by atoms with Crippen molar-refractivity contribution >= 4 is 11.9 Å². The maximum atomic E-state index is 12.8. The molecule has 1 saturated heterocycles. The lowest BCUT2D eigenvalue weighted by molar-refractivity contribution is -0.134. The van der Waals surface area contributed by atoms with E-state index in [0.717, 1.165) is 58.2 Å². The largest absolute Gasteiger partial charge is 0.340 e. The van der Waals surface area contributed by atoms with Crippen LogP contribution in [0.3, 0.4) is 0 Å². The highest BCUT2D eigenvalue weighted by Gasteiger charge is 2.51. The van der Waals surface area contributed by atoms with E-state index in [4.69, 9.17) is 0 Å². The predicted molar refractivity (Wildman–Crippen MR) is 126 cm³/mol. The van der Waals surface area contributed by atoms with Gasteiger partial charge in [-0.2, -0.15) is 0 Å². The average molecular weight is 433 g/mol. The summed E-state index contributed by atoms with van der Waals surface area (Å²) in [6.45, 7) is 19.4. The fourth-order valence-corrected chi connectivity index (χ4v) is 5.44. The number of amides is 3. The number of allylic oxidation sites excluding steroid dienone is 1. The second kappa shape index (κ2) is 9.51. The number of carbonyl (C=O) groups excluding carboxylic acids is 2. The first-order valence-electron chi connectivity index (χ1n) is 12.2. The molecule has 176 valence electrons. The summed E-state index contributed by atoms with van der Waals surface area (Å²) in [5.74, 6) is 1.71. The summed E-state index contributed by atoms with van der Waals surface area (Å²) < 4.78 is 0. The van der Waals surface area contributed by atoms with Crippen molar-refractivity contribution in [1.29, 1.82) is 0 Å². The molecule has 0 aromatic rings. The van der Waals surface area contributed by atoms with Crippen molar-refractivity contribution in [2.24, 2.45) is 22.7 Å². The third-order valence-corrected chi connectivity index (χ3v) is 7.66. The van der Waals surface area contributed by atoms with Gasteiger partial charge in [0, 0.05) is 58.8 Å². The SMILES string of the molecule is CCNC(=O)N(CCN1CCN(C(=O)CC(C)(C)C)CC1)CC1=CCC2CC1C2(C)C. The summed E-state index contributed by atoms with van der Waals surface area (Å²) in [7, 11) is 0. The molecule has 1 aliphatic heterocycles. The maximum absolute atomic E-state index is 12.8. The molecule has 1 saturated carbocycles. The van der Waals surface area contributed by atoms with Crippen molar-refractivity contribution < 1.29 is 9.59 Å². The molecule has 3 amide bonds. The van der Waals surface area contributed by atoms with E-state index in [1.165, 1.54) is 12.0 Å². The summed E-state index contributed by atoms with van der Waals surface area (Å²) in [6.07, 6.45) is 5.45. The van der Waals surface area contributed by atoms with E-state index in [-0.39, 0.29) is 17.4 Å². The first-order chi connectivity index (χ1) is 14.5. The number of hydrogen-bond donors (Lipinski definition) is 1. The molecule has 0 radical (unpaired) electrons. The molecule has 2 fully saturated rings. The number of nitrogens with one attached hydrogen (secondary N) is 1. The normalized spacial score (nSPS) is 25.5. The topological polar surface area (TPSA) is 55.9 Å². The van der Waals surface area contributed by atoms with Crippen LogP contribution in [-0.4, -0.2) is 79.0 Å². The smallest absolute Gasteiger partial charge is 0.317 e. The molecule has 2 unspecified atom stereocenters. The van der Waals surface area contributed by atoms with Gasteiger partial charge in [-0.1, -0.05) is 46.3 Å². The quantitative estimate of drug-likeness (QED) is 0.626. The van der Waals surface area contributed by atoms with Crippen LogP contribution in [0, 0.1) is 22.7 Å². The number of fused-ring (bicyclic) bond motifs is 1. The molecule has 3 aliphatic carbocycles. The van der Waals surface area contributed by atoms with E-state index in [9.17, 15) is 9.59 Å². The number of piperazine rings is 1. The minimum Gasteiger partial charge on any atom is -0.340 e. The molecule has 2 bridgehead atoms. The van der Waals surface area contributed by atoms with Gasteiger partial charge in [-0.15, -0.1) is 0 Å². The third kappa shape index (κ3) is 5.82. The number of urea groups is 1. The first-order valence-corrected chi connectivity index (χ1v) is 12.2. The Kier molecular flexibility index (Phi) is 7.39. The van der Waals surface area contributed by atoms with Crippen molar-refractivity contribution in [2.75, 3.05) is 52.4 Å². The van der Waals surface area contributed by atoms with E-state index in [1.54, 1.807) is 0 Å². The Morgan fingerprint density at radius 1 is 1.19 bits per heavy atom. The van der Waals surface area contributed by atoms with E-state index in [1.807, 2.05) is 16.7 Å². The summed E-state index contributed by atoms with van der Waals surface area (Å²) in [5, 5.41) is 3.00. The second-order valence-electron chi connectivity index (χ2n) is 11.5. The molecule has 2 atom stereocenters. The lowest BCUT2D eigenvalue weighted by atomic mass is 9.49. The molecule has 6 nitrogen and oxygen atoms in total. The summed E-state index contributed by atoms with van der Waals surface area (Å²) in [6, 6.07) is 0.0432. The van der Waals surface area contributed by atoms with Crippen LogP contribution < -0.4 is 5.32 Å². The molecule has 4 rings (SSSR count). The van der Waals surface area contributed by atoms with Gasteiger partial charge >= 0.3 is 6.03 Å². The van der Waals surface area contributed by atoms with E-state index in [0.29, 0.717) is 24.3 Å². The number of carbonyl (C=O) groups is 2. The predicted octanol–water partition coefficient (Wildman–Crippen LogP) is 3.59. The van der Waals surface area contributed by atoms with E-state index in [2.05, 4.69) is 50.9 Å². The zero-order chi connectivity index (χ0) is 22.8. The number of nitrogens with zero attached hydrogens (tertiary/aromatic N) is 3. The van der Waals surface area contributed by atoms with Crippen LogP contribution in [0.4, 0.5) is 4.79 Å². The van der Waals surface area contributed by atoms with Crippen molar-refractivity contribution in [3.63, 3.8) is 0 Å². The van der Waals surface area contributed by atoms with Crippen LogP contribution in [0.25, 0.3) is 0 Å². The Bertz CT molecular complexity index is 686.